The number of halogens is 1. The van der Waals surface area contributed by atoms with E-state index in [4.69, 9.17) is 4.74 Å². The van der Waals surface area contributed by atoms with Crippen molar-refractivity contribution in [2.45, 2.75) is 49.1 Å². The molecule has 2 unspecified atom stereocenters. The molecule has 0 saturated carbocycles. The molecular weight excluding hydrogens is 395 g/mol. The number of ether oxygens (including phenoxy) is 1. The maximum Gasteiger partial charge on any atom is 0.126 e. The summed E-state index contributed by atoms with van der Waals surface area (Å²) in [6.45, 7) is 1.65. The lowest BCUT2D eigenvalue weighted by atomic mass is 9.83. The third-order valence-corrected chi connectivity index (χ3v) is 7.35. The van der Waals surface area contributed by atoms with E-state index in [1.54, 1.807) is 17.8 Å². The van der Waals surface area contributed by atoms with Crippen molar-refractivity contribution in [1.29, 1.82) is 0 Å². The number of benzene rings is 1. The van der Waals surface area contributed by atoms with E-state index in [1.165, 1.54) is 12.1 Å². The van der Waals surface area contributed by atoms with Gasteiger partial charge in [0.2, 0.25) is 0 Å². The number of hydrogen-bond acceptors (Lipinski definition) is 6. The summed E-state index contributed by atoms with van der Waals surface area (Å²) in [5, 5.41) is 40.0. The van der Waals surface area contributed by atoms with Crippen molar-refractivity contribution in [1.82, 2.24) is 0 Å². The molecule has 7 heteroatoms. The van der Waals surface area contributed by atoms with Crippen LogP contribution in [0.15, 0.2) is 53.5 Å². The van der Waals surface area contributed by atoms with E-state index in [0.717, 1.165) is 4.91 Å². The van der Waals surface area contributed by atoms with Crippen LogP contribution in [-0.2, 0) is 11.2 Å². The second-order valence-corrected chi connectivity index (χ2v) is 9.30. The summed E-state index contributed by atoms with van der Waals surface area (Å²) in [7, 11) is 0. The van der Waals surface area contributed by atoms with Crippen LogP contribution in [0.4, 0.5) is 4.39 Å². The van der Waals surface area contributed by atoms with Crippen LogP contribution in [0.25, 0.3) is 0 Å². The summed E-state index contributed by atoms with van der Waals surface area (Å²) in [6.07, 6.45) is 4.69. The Morgan fingerprint density at radius 2 is 1.93 bits per heavy atom. The van der Waals surface area contributed by atoms with Gasteiger partial charge in [0, 0.05) is 17.1 Å². The molecule has 0 aromatic heterocycles. The zero-order chi connectivity index (χ0) is 20.8. The molecule has 0 amide bonds. The highest BCUT2D eigenvalue weighted by molar-refractivity contribution is 8.04. The first-order valence-electron chi connectivity index (χ1n) is 9.65. The zero-order valence-electron chi connectivity index (χ0n) is 16.0. The maximum absolute atomic E-state index is 14.5. The van der Waals surface area contributed by atoms with Crippen molar-refractivity contribution in [3.63, 3.8) is 0 Å². The van der Waals surface area contributed by atoms with Crippen LogP contribution in [0.3, 0.4) is 0 Å². The van der Waals surface area contributed by atoms with Gasteiger partial charge in [-0.05, 0) is 28.2 Å². The highest BCUT2D eigenvalue weighted by atomic mass is 32.2. The standard InChI is InChI=1S/C22H25FO5S/c1-22-7-3-2-4-17(22)29-14(10-22)9-13-8-12(5-6-15(13)23)21-20(27)19(26)18(25)16(11-24)28-21/h2-8,10,16-21,24-27H,9,11H2,1H3/t16-,17?,18-,19+,20-,21+,22?/m1/s1. The largest absolute Gasteiger partial charge is 0.394 e. The summed E-state index contributed by atoms with van der Waals surface area (Å²) in [5.41, 5.74) is 0.874. The molecule has 2 heterocycles. The maximum atomic E-state index is 14.5. The molecule has 1 aromatic carbocycles. The van der Waals surface area contributed by atoms with Gasteiger partial charge in [-0.2, -0.15) is 0 Å². The fourth-order valence-electron chi connectivity index (χ4n) is 4.14. The molecule has 4 N–H and O–H groups in total. The average Bonchev–Trinajstić information content (AvgIpc) is 3.04. The summed E-state index contributed by atoms with van der Waals surface area (Å²) >= 11 is 1.71. The smallest absolute Gasteiger partial charge is 0.126 e. The van der Waals surface area contributed by atoms with Gasteiger partial charge < -0.3 is 25.2 Å². The van der Waals surface area contributed by atoms with Crippen LogP contribution in [-0.4, -0.2) is 56.7 Å². The molecule has 29 heavy (non-hydrogen) atoms. The lowest BCUT2D eigenvalue weighted by Gasteiger charge is -2.40. The van der Waals surface area contributed by atoms with Gasteiger partial charge in [0.15, 0.2) is 0 Å². The summed E-state index contributed by atoms with van der Waals surface area (Å²) in [4.78, 5) is 1.07. The Hall–Kier alpha value is -1.48. The SMILES string of the molecule is CC12C=CC=CC1SC(Cc1cc([C@@H]3O[C@H](CO)[C@@H](O)[C@H](O)[C@H]3O)ccc1F)=C2. The molecule has 5 nitrogen and oxygen atoms in total. The molecular formula is C22H25FO5S. The molecule has 1 aromatic rings. The van der Waals surface area contributed by atoms with E-state index in [0.29, 0.717) is 22.8 Å². The van der Waals surface area contributed by atoms with E-state index >= 15 is 0 Å². The van der Waals surface area contributed by atoms with Gasteiger partial charge in [0.05, 0.1) is 6.61 Å². The summed E-state index contributed by atoms with van der Waals surface area (Å²) in [6, 6.07) is 4.44. The minimum absolute atomic E-state index is 0.0832. The van der Waals surface area contributed by atoms with Crippen LogP contribution in [0.2, 0.25) is 0 Å². The molecule has 3 aliphatic rings. The molecule has 1 aliphatic carbocycles. The second kappa shape index (κ2) is 7.98. The van der Waals surface area contributed by atoms with Gasteiger partial charge in [0.1, 0.15) is 36.3 Å². The third-order valence-electron chi connectivity index (χ3n) is 5.87. The Morgan fingerprint density at radius 1 is 1.14 bits per heavy atom. The monoisotopic (exact) mass is 420 g/mol. The minimum Gasteiger partial charge on any atom is -0.394 e. The second-order valence-electron chi connectivity index (χ2n) is 8.04. The first-order valence-corrected chi connectivity index (χ1v) is 10.5. The van der Waals surface area contributed by atoms with E-state index < -0.39 is 37.1 Å². The molecule has 1 saturated heterocycles. The van der Waals surface area contributed by atoms with Gasteiger partial charge in [0.25, 0.3) is 0 Å². The fraction of sp³-hybridized carbons (Fsp3) is 0.455. The number of thioether (sulfide) groups is 1. The molecule has 156 valence electrons. The summed E-state index contributed by atoms with van der Waals surface area (Å²) < 4.78 is 20.1. The number of allylic oxidation sites excluding steroid dienone is 5. The first kappa shape index (κ1) is 20.8. The quantitative estimate of drug-likeness (QED) is 0.596. The normalized spacial score (nSPS) is 38.8. The topological polar surface area (TPSA) is 90.2 Å². The number of hydrogen-bond donors (Lipinski definition) is 4. The predicted octanol–water partition coefficient (Wildman–Crippen LogP) is 2.01. The molecule has 4 rings (SSSR count). The highest BCUT2D eigenvalue weighted by Crippen LogP contribution is 2.49. The molecule has 1 fully saturated rings. The predicted molar refractivity (Wildman–Crippen MR) is 109 cm³/mol. The molecule has 7 atom stereocenters. The van der Waals surface area contributed by atoms with Crippen molar-refractivity contribution in [2.75, 3.05) is 6.61 Å². The van der Waals surface area contributed by atoms with Gasteiger partial charge in [-0.15, -0.1) is 11.8 Å². The first-order chi connectivity index (χ1) is 13.8. The number of rotatable bonds is 4. The van der Waals surface area contributed by atoms with Gasteiger partial charge in [-0.1, -0.05) is 43.4 Å². The van der Waals surface area contributed by atoms with Gasteiger partial charge in [-0.3, -0.25) is 0 Å². The summed E-state index contributed by atoms with van der Waals surface area (Å²) in [5.74, 6) is -0.356. The van der Waals surface area contributed by atoms with E-state index in [-0.39, 0.29) is 11.2 Å². The number of fused-ring (bicyclic) bond motifs is 1. The van der Waals surface area contributed by atoms with E-state index in [1.807, 2.05) is 12.2 Å². The van der Waals surface area contributed by atoms with Crippen LogP contribution in [0.1, 0.15) is 24.2 Å². The highest BCUT2D eigenvalue weighted by Gasteiger charge is 2.44. The van der Waals surface area contributed by atoms with E-state index in [2.05, 4.69) is 25.2 Å². The minimum atomic E-state index is -1.46. The van der Waals surface area contributed by atoms with Gasteiger partial charge in [-0.25, -0.2) is 4.39 Å². The molecule has 0 spiro atoms. The third kappa shape index (κ3) is 3.83. The lowest BCUT2D eigenvalue weighted by molar-refractivity contribution is -0.231. The molecule has 0 radical (unpaired) electrons. The Kier molecular flexibility index (Phi) is 5.72. The molecule has 2 aliphatic heterocycles. The van der Waals surface area contributed by atoms with Crippen molar-refractivity contribution < 1.29 is 29.6 Å². The van der Waals surface area contributed by atoms with Crippen molar-refractivity contribution >= 4 is 11.8 Å². The van der Waals surface area contributed by atoms with Crippen molar-refractivity contribution in [3.05, 3.63) is 70.4 Å². The van der Waals surface area contributed by atoms with Gasteiger partial charge >= 0.3 is 0 Å². The lowest BCUT2D eigenvalue weighted by Crippen LogP contribution is -2.55. The van der Waals surface area contributed by atoms with Crippen LogP contribution in [0, 0.1) is 11.2 Å². The Balaban J connectivity index is 1.58. The number of aliphatic hydroxyl groups excluding tert-OH is 4. The Bertz CT molecular complexity index is 867. The van der Waals surface area contributed by atoms with Crippen LogP contribution < -0.4 is 0 Å². The van der Waals surface area contributed by atoms with Crippen LogP contribution in [0.5, 0.6) is 0 Å². The Morgan fingerprint density at radius 3 is 2.66 bits per heavy atom. The fourth-order valence-corrected chi connectivity index (χ4v) is 5.59. The average molecular weight is 421 g/mol. The molecule has 0 bridgehead atoms. The van der Waals surface area contributed by atoms with Crippen LogP contribution >= 0.6 is 11.8 Å². The van der Waals surface area contributed by atoms with Crippen molar-refractivity contribution in [2.24, 2.45) is 5.41 Å². The number of aliphatic hydroxyl groups is 4. The van der Waals surface area contributed by atoms with E-state index in [9.17, 15) is 24.8 Å². The van der Waals surface area contributed by atoms with Crippen molar-refractivity contribution in [3.8, 4) is 0 Å². The Labute approximate surface area is 173 Å². The zero-order valence-corrected chi connectivity index (χ0v) is 16.8.